The molecular formula is C27H34ClN5O3SSi. The van der Waals surface area contributed by atoms with Gasteiger partial charge in [0, 0.05) is 35.7 Å². The number of amides is 1. The Hall–Kier alpha value is -2.79. The van der Waals surface area contributed by atoms with Crippen molar-refractivity contribution in [3.8, 4) is 0 Å². The molecular weight excluding hydrogens is 538 g/mol. The van der Waals surface area contributed by atoms with E-state index in [1.54, 1.807) is 30.7 Å². The van der Waals surface area contributed by atoms with Crippen LogP contribution in [0.15, 0.2) is 49.1 Å². The molecule has 11 heteroatoms. The van der Waals surface area contributed by atoms with Crippen molar-refractivity contribution < 1.29 is 15.0 Å². The number of halogens is 1. The van der Waals surface area contributed by atoms with Gasteiger partial charge in [0.1, 0.15) is 16.9 Å². The second kappa shape index (κ2) is 11.1. The highest BCUT2D eigenvalue weighted by atomic mass is 35.5. The van der Waals surface area contributed by atoms with Crippen LogP contribution < -0.4 is 4.90 Å². The summed E-state index contributed by atoms with van der Waals surface area (Å²) in [5.41, 5.74) is 3.61. The molecule has 0 saturated heterocycles. The standard InChI is InChI=1S/C27H34ClN5O3SSi/c1-16(2)38(17(3)4,18(5)6)33-15-21(20-8-7-11-30-25(20)33)22(34)23-24(28)31-26(37-23)32(27(35)36)14-19-9-12-29-13-10-19/h7-13,15-18,22,34H,14H2,1-6H3,(H,35,36). The molecule has 4 aromatic heterocycles. The molecule has 0 spiro atoms. The fourth-order valence-electron chi connectivity index (χ4n) is 6.05. The van der Waals surface area contributed by atoms with Crippen LogP contribution in [0.1, 0.15) is 63.7 Å². The van der Waals surface area contributed by atoms with Crippen LogP contribution in [-0.2, 0) is 6.54 Å². The third kappa shape index (κ3) is 4.86. The summed E-state index contributed by atoms with van der Waals surface area (Å²) in [6, 6.07) is 7.33. The summed E-state index contributed by atoms with van der Waals surface area (Å²) in [5.74, 6) is 0. The van der Waals surface area contributed by atoms with Crippen LogP contribution in [0.3, 0.4) is 0 Å². The Morgan fingerprint density at radius 1 is 1.08 bits per heavy atom. The van der Waals surface area contributed by atoms with Gasteiger partial charge in [-0.15, -0.1) is 0 Å². The lowest BCUT2D eigenvalue weighted by atomic mass is 10.1. The van der Waals surface area contributed by atoms with Gasteiger partial charge in [-0.05, 0) is 46.5 Å². The Morgan fingerprint density at radius 3 is 2.29 bits per heavy atom. The molecule has 0 radical (unpaired) electrons. The SMILES string of the molecule is CC(C)[Si](C(C)C)(C(C)C)n1cc(C(O)c2sc(N(Cc3ccncc3)C(=O)O)nc2Cl)c2cccnc21. The molecule has 4 rings (SSSR count). The van der Waals surface area contributed by atoms with Gasteiger partial charge >= 0.3 is 6.09 Å². The number of nitrogens with zero attached hydrogens (tertiary/aromatic N) is 5. The first kappa shape index (κ1) is 28.2. The average Bonchev–Trinajstić information content (AvgIpc) is 3.43. The zero-order chi connectivity index (χ0) is 27.8. The van der Waals surface area contributed by atoms with Gasteiger partial charge in [0.05, 0.1) is 11.4 Å². The lowest BCUT2D eigenvalue weighted by Gasteiger charge is -2.44. The lowest BCUT2D eigenvalue weighted by molar-refractivity contribution is 0.201. The van der Waals surface area contributed by atoms with Crippen molar-refractivity contribution in [2.75, 3.05) is 4.90 Å². The quantitative estimate of drug-likeness (QED) is 0.204. The number of anilines is 1. The van der Waals surface area contributed by atoms with Gasteiger partial charge < -0.3 is 14.4 Å². The third-order valence-corrected chi connectivity index (χ3v) is 15.7. The van der Waals surface area contributed by atoms with Crippen LogP contribution >= 0.6 is 22.9 Å². The smallest absolute Gasteiger partial charge is 0.413 e. The Balaban J connectivity index is 1.82. The topological polar surface area (TPSA) is 104 Å². The summed E-state index contributed by atoms with van der Waals surface area (Å²) in [6.07, 6.45) is 4.82. The van der Waals surface area contributed by atoms with Crippen LogP contribution in [0.25, 0.3) is 11.0 Å². The summed E-state index contributed by atoms with van der Waals surface area (Å²) in [5, 5.41) is 22.7. The van der Waals surface area contributed by atoms with E-state index in [0.29, 0.717) is 27.1 Å². The molecule has 0 aliphatic rings. The molecule has 0 aliphatic carbocycles. The van der Waals surface area contributed by atoms with Crippen LogP contribution in [0.4, 0.5) is 9.93 Å². The number of carbonyl (C=O) groups is 1. The monoisotopic (exact) mass is 571 g/mol. The third-order valence-electron chi connectivity index (χ3n) is 7.48. The molecule has 1 amide bonds. The molecule has 0 saturated carbocycles. The van der Waals surface area contributed by atoms with Crippen molar-refractivity contribution >= 4 is 53.4 Å². The molecule has 1 atom stereocenters. The highest BCUT2D eigenvalue weighted by Crippen LogP contribution is 2.46. The van der Waals surface area contributed by atoms with E-state index in [-0.39, 0.29) is 16.8 Å². The normalized spacial score (nSPS) is 13.1. The highest BCUT2D eigenvalue weighted by Gasteiger charge is 2.46. The molecule has 2 N–H and O–H groups in total. The first-order valence-electron chi connectivity index (χ1n) is 12.7. The van der Waals surface area contributed by atoms with E-state index in [9.17, 15) is 15.0 Å². The second-order valence-electron chi connectivity index (χ2n) is 10.5. The number of pyridine rings is 2. The van der Waals surface area contributed by atoms with Crippen molar-refractivity contribution in [3.05, 3.63) is 70.2 Å². The van der Waals surface area contributed by atoms with E-state index in [0.717, 1.165) is 32.8 Å². The molecule has 0 bridgehead atoms. The Bertz CT molecular complexity index is 1400. The Kier molecular flexibility index (Phi) is 8.27. The van der Waals surface area contributed by atoms with Gasteiger partial charge in [0.15, 0.2) is 13.4 Å². The largest absolute Gasteiger partial charge is 0.465 e. The van der Waals surface area contributed by atoms with Crippen molar-refractivity contribution in [3.63, 3.8) is 0 Å². The molecule has 0 fully saturated rings. The van der Waals surface area contributed by atoms with Gasteiger partial charge in [-0.1, -0.05) is 64.5 Å². The van der Waals surface area contributed by atoms with E-state index in [1.807, 2.05) is 12.1 Å². The molecule has 202 valence electrons. The maximum atomic E-state index is 12.1. The molecule has 1 unspecified atom stereocenters. The minimum Gasteiger partial charge on any atom is -0.465 e. The fraction of sp³-hybridized carbons (Fsp3) is 0.407. The molecule has 0 aliphatic heterocycles. The number of aromatic nitrogens is 4. The minimum absolute atomic E-state index is 0.0864. The van der Waals surface area contributed by atoms with Crippen LogP contribution in [0.5, 0.6) is 0 Å². The molecule has 38 heavy (non-hydrogen) atoms. The van der Waals surface area contributed by atoms with E-state index in [4.69, 9.17) is 16.6 Å². The van der Waals surface area contributed by atoms with Crippen molar-refractivity contribution in [2.24, 2.45) is 0 Å². The van der Waals surface area contributed by atoms with Crippen molar-refractivity contribution in [1.29, 1.82) is 0 Å². The molecule has 4 aromatic rings. The fourth-order valence-corrected chi connectivity index (χ4v) is 13.9. The number of hydrogen-bond donors (Lipinski definition) is 2. The van der Waals surface area contributed by atoms with Crippen LogP contribution in [0, 0.1) is 0 Å². The van der Waals surface area contributed by atoms with Crippen LogP contribution in [0.2, 0.25) is 21.8 Å². The number of carboxylic acid groups (broad SMARTS) is 1. The zero-order valence-electron chi connectivity index (χ0n) is 22.5. The van der Waals surface area contributed by atoms with Gasteiger partial charge in [0.25, 0.3) is 0 Å². The first-order chi connectivity index (χ1) is 18.0. The van der Waals surface area contributed by atoms with E-state index < -0.39 is 20.4 Å². The summed E-state index contributed by atoms with van der Waals surface area (Å²) < 4.78 is 2.36. The Labute approximate surface area is 233 Å². The second-order valence-corrected chi connectivity index (χ2v) is 17.5. The van der Waals surface area contributed by atoms with E-state index in [2.05, 4.69) is 61.9 Å². The predicted octanol–water partition coefficient (Wildman–Crippen LogP) is 7.33. The van der Waals surface area contributed by atoms with Crippen LogP contribution in [-0.4, -0.2) is 43.7 Å². The maximum absolute atomic E-state index is 12.1. The zero-order valence-corrected chi connectivity index (χ0v) is 25.0. The molecule has 8 nitrogen and oxygen atoms in total. The number of fused-ring (bicyclic) bond motifs is 1. The number of hydrogen-bond acceptors (Lipinski definition) is 6. The summed E-state index contributed by atoms with van der Waals surface area (Å²) >= 11 is 7.62. The van der Waals surface area contributed by atoms with Gasteiger partial charge in [-0.3, -0.25) is 4.98 Å². The Morgan fingerprint density at radius 2 is 1.71 bits per heavy atom. The van der Waals surface area contributed by atoms with Gasteiger partial charge in [0.2, 0.25) is 0 Å². The summed E-state index contributed by atoms with van der Waals surface area (Å²) in [7, 11) is -2.17. The van der Waals surface area contributed by atoms with Crippen molar-refractivity contribution in [2.45, 2.75) is 70.8 Å². The first-order valence-corrected chi connectivity index (χ1v) is 16.1. The number of aliphatic hydroxyl groups is 1. The number of thiazole rings is 1. The summed E-state index contributed by atoms with van der Waals surface area (Å²) in [6.45, 7) is 13.8. The number of aliphatic hydroxyl groups excluding tert-OH is 1. The molecule has 4 heterocycles. The number of rotatable bonds is 9. The van der Waals surface area contributed by atoms with E-state index >= 15 is 0 Å². The molecule has 0 aromatic carbocycles. The van der Waals surface area contributed by atoms with Gasteiger partial charge in [-0.2, -0.15) is 0 Å². The minimum atomic E-state index is -2.17. The lowest BCUT2D eigenvalue weighted by Crippen LogP contribution is -2.51. The predicted molar refractivity (Wildman–Crippen MR) is 156 cm³/mol. The summed E-state index contributed by atoms with van der Waals surface area (Å²) in [4.78, 5) is 26.7. The van der Waals surface area contributed by atoms with Crippen molar-refractivity contribution in [1.82, 2.24) is 19.2 Å². The highest BCUT2D eigenvalue weighted by molar-refractivity contribution is 7.16. The average molecular weight is 572 g/mol. The van der Waals surface area contributed by atoms with Gasteiger partial charge in [-0.25, -0.2) is 19.7 Å². The maximum Gasteiger partial charge on any atom is 0.413 e. The van der Waals surface area contributed by atoms with E-state index in [1.165, 1.54) is 0 Å².